The summed E-state index contributed by atoms with van der Waals surface area (Å²) < 4.78 is 4.96. The van der Waals surface area contributed by atoms with E-state index in [0.29, 0.717) is 11.3 Å². The Labute approximate surface area is 92.2 Å². The number of carbonyl (C=O) groups is 1. The molecular weight excluding hydrogens is 206 g/mol. The average molecular weight is 217 g/mol. The maximum Gasteiger partial charge on any atom is 0.249 e. The molecular formula is C11H11N3O2. The van der Waals surface area contributed by atoms with Gasteiger partial charge in [0.1, 0.15) is 0 Å². The van der Waals surface area contributed by atoms with Gasteiger partial charge >= 0.3 is 0 Å². The molecule has 0 aliphatic rings. The first kappa shape index (κ1) is 10.4. The third-order valence-electron chi connectivity index (χ3n) is 2.55. The monoisotopic (exact) mass is 217 g/mol. The van der Waals surface area contributed by atoms with Crippen LogP contribution in [0.3, 0.4) is 0 Å². The third kappa shape index (κ3) is 1.56. The van der Waals surface area contributed by atoms with Gasteiger partial charge in [-0.25, -0.2) is 0 Å². The Morgan fingerprint density at radius 3 is 2.69 bits per heavy atom. The van der Waals surface area contributed by atoms with Crippen molar-refractivity contribution in [3.8, 4) is 11.3 Å². The molecule has 0 bridgehead atoms. The van der Waals surface area contributed by atoms with E-state index in [0.717, 1.165) is 16.7 Å². The summed E-state index contributed by atoms with van der Waals surface area (Å²) in [5.41, 5.74) is 8.27. The topological polar surface area (TPSA) is 82.0 Å². The van der Waals surface area contributed by atoms with Crippen molar-refractivity contribution in [3.05, 3.63) is 35.0 Å². The van der Waals surface area contributed by atoms with Crippen molar-refractivity contribution in [2.45, 2.75) is 13.8 Å². The molecule has 0 radical (unpaired) electrons. The van der Waals surface area contributed by atoms with Gasteiger partial charge in [0.25, 0.3) is 0 Å². The molecule has 1 amide bonds. The van der Waals surface area contributed by atoms with Gasteiger partial charge in [-0.15, -0.1) is 5.10 Å². The van der Waals surface area contributed by atoms with Gasteiger partial charge in [0.2, 0.25) is 5.91 Å². The predicted octanol–water partition coefficient (Wildman–Crippen LogP) is 1.45. The van der Waals surface area contributed by atoms with E-state index in [-0.39, 0.29) is 0 Å². The molecule has 1 heterocycles. The smallest absolute Gasteiger partial charge is 0.249 e. The number of nitrogens with two attached hydrogens (primary N) is 1. The zero-order valence-electron chi connectivity index (χ0n) is 9.02. The molecule has 2 N–H and O–H groups in total. The van der Waals surface area contributed by atoms with Crippen molar-refractivity contribution in [2.24, 2.45) is 5.73 Å². The van der Waals surface area contributed by atoms with Crippen molar-refractivity contribution < 1.29 is 9.32 Å². The molecule has 0 saturated carbocycles. The van der Waals surface area contributed by atoms with Crippen molar-refractivity contribution in [1.29, 1.82) is 0 Å². The molecule has 0 unspecified atom stereocenters. The second-order valence-electron chi connectivity index (χ2n) is 3.58. The second kappa shape index (κ2) is 3.77. The Hall–Kier alpha value is -2.17. The Bertz CT molecular complexity index is 532. The lowest BCUT2D eigenvalue weighted by Crippen LogP contribution is -2.15. The zero-order chi connectivity index (χ0) is 11.7. The number of carbonyl (C=O) groups excluding carboxylic acids is 1. The number of nitrogens with zero attached hydrogens (tertiary/aromatic N) is 2. The van der Waals surface area contributed by atoms with Crippen molar-refractivity contribution in [1.82, 2.24) is 10.4 Å². The molecule has 2 rings (SSSR count). The van der Waals surface area contributed by atoms with Gasteiger partial charge in [0.15, 0.2) is 5.76 Å². The first-order valence-electron chi connectivity index (χ1n) is 4.79. The van der Waals surface area contributed by atoms with Crippen molar-refractivity contribution >= 4 is 5.91 Å². The van der Waals surface area contributed by atoms with E-state index in [1.165, 1.54) is 6.20 Å². The lowest BCUT2D eigenvalue weighted by molar-refractivity contribution is 0.0999. The lowest BCUT2D eigenvalue weighted by Gasteiger charge is -2.09. The number of rotatable bonds is 2. The van der Waals surface area contributed by atoms with Crippen LogP contribution < -0.4 is 5.73 Å². The van der Waals surface area contributed by atoms with Gasteiger partial charge < -0.3 is 10.3 Å². The maximum absolute atomic E-state index is 11.3. The fourth-order valence-electron chi connectivity index (χ4n) is 1.78. The van der Waals surface area contributed by atoms with Crippen molar-refractivity contribution in [2.75, 3.05) is 0 Å². The quantitative estimate of drug-likeness (QED) is 0.825. The van der Waals surface area contributed by atoms with Gasteiger partial charge in [-0.2, -0.15) is 0 Å². The minimum absolute atomic E-state index is 0.440. The van der Waals surface area contributed by atoms with Crippen LogP contribution in [0.15, 0.2) is 22.9 Å². The fourth-order valence-corrected chi connectivity index (χ4v) is 1.78. The molecule has 1 aromatic carbocycles. The molecule has 2 aromatic rings. The van der Waals surface area contributed by atoms with E-state index in [1.54, 1.807) is 0 Å². The predicted molar refractivity (Wildman–Crippen MR) is 57.7 cm³/mol. The summed E-state index contributed by atoms with van der Waals surface area (Å²) in [7, 11) is 0. The van der Waals surface area contributed by atoms with E-state index >= 15 is 0 Å². The van der Waals surface area contributed by atoms with Crippen LogP contribution in [0.25, 0.3) is 11.3 Å². The SMILES string of the molecule is Cc1ccc(-c2cnno2)c(C)c1C(N)=O. The average Bonchev–Trinajstić information content (AvgIpc) is 2.70. The van der Waals surface area contributed by atoms with Gasteiger partial charge in [0, 0.05) is 16.4 Å². The van der Waals surface area contributed by atoms with E-state index in [4.69, 9.17) is 10.3 Å². The minimum Gasteiger partial charge on any atom is -0.366 e. The highest BCUT2D eigenvalue weighted by Gasteiger charge is 2.15. The number of benzene rings is 1. The molecule has 0 saturated heterocycles. The van der Waals surface area contributed by atoms with Gasteiger partial charge in [-0.05, 0) is 25.0 Å². The zero-order valence-corrected chi connectivity index (χ0v) is 9.02. The number of primary amides is 1. The highest BCUT2D eigenvalue weighted by Crippen LogP contribution is 2.26. The summed E-state index contributed by atoms with van der Waals surface area (Å²) in [5.74, 6) is 0.0873. The van der Waals surface area contributed by atoms with Gasteiger partial charge in [-0.1, -0.05) is 12.1 Å². The summed E-state index contributed by atoms with van der Waals surface area (Å²) in [5, 5.41) is 7.00. The third-order valence-corrected chi connectivity index (χ3v) is 2.55. The molecule has 5 nitrogen and oxygen atoms in total. The molecule has 1 aromatic heterocycles. The lowest BCUT2D eigenvalue weighted by atomic mass is 9.96. The number of hydrogen-bond acceptors (Lipinski definition) is 4. The Balaban J connectivity index is 2.66. The molecule has 0 aliphatic heterocycles. The van der Waals surface area contributed by atoms with Crippen LogP contribution in [0.5, 0.6) is 0 Å². The van der Waals surface area contributed by atoms with Crippen LogP contribution in [0.1, 0.15) is 21.5 Å². The Morgan fingerprint density at radius 1 is 1.38 bits per heavy atom. The molecule has 16 heavy (non-hydrogen) atoms. The van der Waals surface area contributed by atoms with E-state index in [2.05, 4.69) is 10.4 Å². The number of aryl methyl sites for hydroxylation is 1. The summed E-state index contributed by atoms with van der Waals surface area (Å²) in [6, 6.07) is 3.68. The summed E-state index contributed by atoms with van der Waals surface area (Å²) >= 11 is 0. The molecule has 0 fully saturated rings. The van der Waals surface area contributed by atoms with Crippen LogP contribution in [-0.2, 0) is 0 Å². The minimum atomic E-state index is -0.440. The molecule has 82 valence electrons. The highest BCUT2D eigenvalue weighted by molar-refractivity contribution is 5.97. The second-order valence-corrected chi connectivity index (χ2v) is 3.58. The van der Waals surface area contributed by atoms with Crippen molar-refractivity contribution in [3.63, 3.8) is 0 Å². The van der Waals surface area contributed by atoms with Crippen LogP contribution in [0, 0.1) is 13.8 Å². The van der Waals surface area contributed by atoms with Crippen LogP contribution >= 0.6 is 0 Å². The van der Waals surface area contributed by atoms with E-state index < -0.39 is 5.91 Å². The Kier molecular flexibility index (Phi) is 2.44. The first-order chi connectivity index (χ1) is 7.61. The fraction of sp³-hybridized carbons (Fsp3) is 0.182. The highest BCUT2D eigenvalue weighted by atomic mass is 16.5. The number of amides is 1. The molecule has 0 aliphatic carbocycles. The number of hydrogen-bond donors (Lipinski definition) is 1. The summed E-state index contributed by atoms with van der Waals surface area (Å²) in [6.07, 6.45) is 1.50. The van der Waals surface area contributed by atoms with Gasteiger partial charge in [-0.3, -0.25) is 4.79 Å². The molecule has 0 atom stereocenters. The van der Waals surface area contributed by atoms with E-state index in [9.17, 15) is 4.79 Å². The van der Waals surface area contributed by atoms with Gasteiger partial charge in [0.05, 0.1) is 6.20 Å². The maximum atomic E-state index is 11.3. The number of aromatic nitrogens is 2. The van der Waals surface area contributed by atoms with Crippen LogP contribution in [0.4, 0.5) is 0 Å². The first-order valence-corrected chi connectivity index (χ1v) is 4.79. The standard InChI is InChI=1S/C11H11N3O2/c1-6-3-4-8(9-5-13-14-16-9)7(2)10(6)11(12)15/h3-5H,1-2H3,(H2,12,15). The largest absolute Gasteiger partial charge is 0.366 e. The molecule has 0 spiro atoms. The molecule has 5 heteroatoms. The summed E-state index contributed by atoms with van der Waals surface area (Å²) in [4.78, 5) is 11.3. The van der Waals surface area contributed by atoms with E-state index in [1.807, 2.05) is 26.0 Å². The normalized spacial score (nSPS) is 10.4. The summed E-state index contributed by atoms with van der Waals surface area (Å²) in [6.45, 7) is 3.67. The van der Waals surface area contributed by atoms with Crippen LogP contribution in [-0.4, -0.2) is 16.3 Å². The van der Waals surface area contributed by atoms with Crippen LogP contribution in [0.2, 0.25) is 0 Å². The Morgan fingerprint density at radius 2 is 2.12 bits per heavy atom.